The monoisotopic (exact) mass is 354 g/mol. The first-order valence-electron chi connectivity index (χ1n) is 8.00. The number of hydrogen-bond acceptors (Lipinski definition) is 4. The van der Waals surface area contributed by atoms with Gasteiger partial charge >= 0.3 is 5.97 Å². The number of nitriles is 1. The summed E-state index contributed by atoms with van der Waals surface area (Å²) in [5.41, 5.74) is -1.37. The Balaban J connectivity index is 2.25. The number of benzene rings is 2. The number of alkyl halides is 1. The van der Waals surface area contributed by atoms with E-state index in [1.807, 2.05) is 13.0 Å². The number of ether oxygens (including phenoxy) is 1. The van der Waals surface area contributed by atoms with Gasteiger partial charge < -0.3 is 10.1 Å². The van der Waals surface area contributed by atoms with Crippen molar-refractivity contribution in [2.24, 2.45) is 0 Å². The number of carbonyl (C=O) groups excluding carboxylic acids is 2. The maximum Gasteiger partial charge on any atom is 0.328 e. The third-order valence-corrected chi connectivity index (χ3v) is 3.99. The first kappa shape index (κ1) is 19.1. The third-order valence-electron chi connectivity index (χ3n) is 3.99. The molecule has 0 saturated heterocycles. The van der Waals surface area contributed by atoms with E-state index in [-0.39, 0.29) is 12.0 Å². The molecule has 0 heterocycles. The molecule has 0 saturated carbocycles. The number of aryl methyl sites for hydroxylation is 1. The van der Waals surface area contributed by atoms with E-state index in [2.05, 4.69) is 5.32 Å². The number of halogens is 1. The Hall–Kier alpha value is -3.20. The molecule has 0 spiro atoms. The van der Waals surface area contributed by atoms with Crippen molar-refractivity contribution in [3.05, 3.63) is 71.3 Å². The van der Waals surface area contributed by atoms with Gasteiger partial charge in [0.2, 0.25) is 0 Å². The summed E-state index contributed by atoms with van der Waals surface area (Å²) in [6, 6.07) is 15.2. The molecule has 134 valence electrons. The largest absolute Gasteiger partial charge is 0.467 e. The van der Waals surface area contributed by atoms with E-state index in [0.717, 1.165) is 11.1 Å². The van der Waals surface area contributed by atoms with Crippen molar-refractivity contribution in [3.8, 4) is 6.07 Å². The van der Waals surface area contributed by atoms with Crippen LogP contribution in [-0.2, 0) is 26.4 Å². The Bertz CT molecular complexity index is 815. The van der Waals surface area contributed by atoms with Gasteiger partial charge in [-0.05, 0) is 12.5 Å². The van der Waals surface area contributed by atoms with Crippen LogP contribution >= 0.6 is 0 Å². The lowest BCUT2D eigenvalue weighted by molar-refractivity contribution is -0.146. The molecule has 2 aromatic rings. The molecule has 0 aliphatic heterocycles. The number of esters is 1. The van der Waals surface area contributed by atoms with E-state index in [1.54, 1.807) is 36.4 Å². The highest BCUT2D eigenvalue weighted by Gasteiger charge is 2.42. The summed E-state index contributed by atoms with van der Waals surface area (Å²) in [4.78, 5) is 24.5. The molecule has 0 bridgehead atoms. The minimum atomic E-state index is -2.91. The predicted molar refractivity (Wildman–Crippen MR) is 93.7 cm³/mol. The van der Waals surface area contributed by atoms with Crippen molar-refractivity contribution in [1.82, 2.24) is 5.32 Å². The number of amides is 1. The van der Waals surface area contributed by atoms with E-state index in [0.29, 0.717) is 0 Å². The number of hydrogen-bond donors (Lipinski definition) is 1. The number of nitrogens with one attached hydrogen (secondary N) is 1. The molecule has 2 rings (SSSR count). The van der Waals surface area contributed by atoms with Gasteiger partial charge in [-0.15, -0.1) is 0 Å². The zero-order valence-electron chi connectivity index (χ0n) is 14.5. The molecule has 1 unspecified atom stereocenters. The molecule has 1 amide bonds. The Morgan fingerprint density at radius 1 is 1.19 bits per heavy atom. The molecule has 0 aliphatic rings. The van der Waals surface area contributed by atoms with Gasteiger partial charge in [-0.3, -0.25) is 4.79 Å². The van der Waals surface area contributed by atoms with Crippen molar-refractivity contribution in [1.29, 1.82) is 5.26 Å². The molecule has 26 heavy (non-hydrogen) atoms. The molecule has 0 aromatic heterocycles. The molecule has 2 atom stereocenters. The maximum atomic E-state index is 15.1. The number of carbonyl (C=O) groups is 2. The minimum absolute atomic E-state index is 0.0913. The summed E-state index contributed by atoms with van der Waals surface area (Å²) < 4.78 is 19.8. The molecule has 2 aromatic carbocycles. The summed E-state index contributed by atoms with van der Waals surface area (Å²) in [6.07, 6.45) is 0.120. The Kier molecular flexibility index (Phi) is 6.07. The summed E-state index contributed by atoms with van der Waals surface area (Å²) in [5.74, 6) is -1.92. The van der Waals surface area contributed by atoms with Crippen LogP contribution in [-0.4, -0.2) is 25.0 Å². The van der Waals surface area contributed by atoms with Crippen LogP contribution < -0.4 is 5.32 Å². The molecule has 0 fully saturated rings. The fourth-order valence-corrected chi connectivity index (χ4v) is 2.47. The Morgan fingerprint density at radius 3 is 2.35 bits per heavy atom. The summed E-state index contributed by atoms with van der Waals surface area (Å²) in [7, 11) is 1.18. The smallest absolute Gasteiger partial charge is 0.328 e. The van der Waals surface area contributed by atoms with E-state index in [1.165, 1.54) is 25.3 Å². The third kappa shape index (κ3) is 4.25. The van der Waals surface area contributed by atoms with Gasteiger partial charge in [-0.2, -0.15) is 5.26 Å². The van der Waals surface area contributed by atoms with E-state index in [9.17, 15) is 14.9 Å². The van der Waals surface area contributed by atoms with Crippen LogP contribution in [0, 0.1) is 18.3 Å². The highest BCUT2D eigenvalue weighted by Crippen LogP contribution is 2.26. The molecular weight excluding hydrogens is 335 g/mol. The molecule has 0 radical (unpaired) electrons. The number of methoxy groups -OCH3 is 1. The molecule has 5 nitrogen and oxygen atoms in total. The van der Waals surface area contributed by atoms with Crippen LogP contribution in [0.3, 0.4) is 0 Å². The van der Waals surface area contributed by atoms with Crippen LogP contribution in [0.1, 0.15) is 16.7 Å². The first-order chi connectivity index (χ1) is 12.4. The highest BCUT2D eigenvalue weighted by atomic mass is 19.1. The van der Waals surface area contributed by atoms with Crippen molar-refractivity contribution in [2.75, 3.05) is 7.11 Å². The SMILES string of the molecule is COC(=O)[C@H](Cc1ccccc1)NC(=O)C(F)(C#N)c1ccc(C)cc1. The lowest BCUT2D eigenvalue weighted by atomic mass is 9.94. The van der Waals surface area contributed by atoms with Crippen molar-refractivity contribution in [3.63, 3.8) is 0 Å². The van der Waals surface area contributed by atoms with Gasteiger partial charge in [-0.1, -0.05) is 60.2 Å². The maximum absolute atomic E-state index is 15.1. The summed E-state index contributed by atoms with van der Waals surface area (Å²) in [6.45, 7) is 1.81. The highest BCUT2D eigenvalue weighted by molar-refractivity contribution is 5.93. The Labute approximate surface area is 151 Å². The van der Waals surface area contributed by atoms with Crippen molar-refractivity contribution >= 4 is 11.9 Å². The van der Waals surface area contributed by atoms with Crippen LogP contribution in [0.2, 0.25) is 0 Å². The zero-order valence-corrected chi connectivity index (χ0v) is 14.5. The summed E-state index contributed by atoms with van der Waals surface area (Å²) in [5, 5.41) is 11.6. The second-order valence-electron chi connectivity index (χ2n) is 5.88. The Morgan fingerprint density at radius 2 is 1.81 bits per heavy atom. The van der Waals surface area contributed by atoms with Crippen LogP contribution in [0.25, 0.3) is 0 Å². The molecule has 1 N–H and O–H groups in total. The standard InChI is InChI=1S/C20H19FN2O3/c1-14-8-10-16(11-9-14)20(21,13-22)19(25)23-17(18(24)26-2)12-15-6-4-3-5-7-15/h3-11,17H,12H2,1-2H3,(H,23,25)/t17-,20?/m0/s1. The lowest BCUT2D eigenvalue weighted by Crippen LogP contribution is -2.49. The van der Waals surface area contributed by atoms with Gasteiger partial charge in [0, 0.05) is 12.0 Å². The van der Waals surface area contributed by atoms with Crippen molar-refractivity contribution < 1.29 is 18.7 Å². The second kappa shape index (κ2) is 8.26. The van der Waals surface area contributed by atoms with Crippen LogP contribution in [0.15, 0.2) is 54.6 Å². The van der Waals surface area contributed by atoms with E-state index in [4.69, 9.17) is 4.74 Å². The summed E-state index contributed by atoms with van der Waals surface area (Å²) >= 11 is 0. The number of rotatable bonds is 6. The lowest BCUT2D eigenvalue weighted by Gasteiger charge is -2.22. The molecule has 6 heteroatoms. The molecular formula is C20H19FN2O3. The number of nitrogens with zero attached hydrogens (tertiary/aromatic N) is 1. The van der Waals surface area contributed by atoms with E-state index < -0.39 is 23.6 Å². The van der Waals surface area contributed by atoms with Gasteiger partial charge in [0.25, 0.3) is 11.6 Å². The average Bonchev–Trinajstić information content (AvgIpc) is 2.67. The fourth-order valence-electron chi connectivity index (χ4n) is 2.47. The van der Waals surface area contributed by atoms with Gasteiger partial charge in [0.15, 0.2) is 0 Å². The average molecular weight is 354 g/mol. The first-order valence-corrected chi connectivity index (χ1v) is 8.00. The van der Waals surface area contributed by atoms with Crippen LogP contribution in [0.5, 0.6) is 0 Å². The zero-order chi connectivity index (χ0) is 19.2. The quantitative estimate of drug-likeness (QED) is 0.809. The van der Waals surface area contributed by atoms with Crippen molar-refractivity contribution in [2.45, 2.75) is 25.1 Å². The topological polar surface area (TPSA) is 79.2 Å². The van der Waals surface area contributed by atoms with Gasteiger partial charge in [0.1, 0.15) is 12.1 Å². The molecule has 0 aliphatic carbocycles. The predicted octanol–water partition coefficient (Wildman–Crippen LogP) is 2.58. The van der Waals surface area contributed by atoms with E-state index >= 15 is 4.39 Å². The van der Waals surface area contributed by atoms with Gasteiger partial charge in [0.05, 0.1) is 7.11 Å². The fraction of sp³-hybridized carbons (Fsp3) is 0.250. The van der Waals surface area contributed by atoms with Crippen LogP contribution in [0.4, 0.5) is 4.39 Å². The normalized spacial score (nSPS) is 13.8. The second-order valence-corrected chi connectivity index (χ2v) is 5.88. The minimum Gasteiger partial charge on any atom is -0.467 e. The van der Waals surface area contributed by atoms with Gasteiger partial charge in [-0.25, -0.2) is 9.18 Å².